The number of rotatable bonds is 7. The Balaban J connectivity index is 1.21. The van der Waals surface area contributed by atoms with Gasteiger partial charge in [-0.25, -0.2) is 9.37 Å². The molecule has 1 aromatic carbocycles. The molecule has 0 radical (unpaired) electrons. The Morgan fingerprint density at radius 3 is 2.81 bits per heavy atom. The summed E-state index contributed by atoms with van der Waals surface area (Å²) in [7, 11) is 1.98. The van der Waals surface area contributed by atoms with E-state index < -0.39 is 0 Å². The van der Waals surface area contributed by atoms with Crippen molar-refractivity contribution in [3.05, 3.63) is 53.6 Å². The maximum absolute atomic E-state index is 13.4. The molecule has 1 N–H and O–H groups in total. The third kappa shape index (κ3) is 3.90. The van der Waals surface area contributed by atoms with Crippen LogP contribution >= 0.6 is 0 Å². The quantitative estimate of drug-likeness (QED) is 0.587. The fraction of sp³-hybridized carbons (Fsp3) is 0.522. The van der Waals surface area contributed by atoms with Crippen LogP contribution in [-0.2, 0) is 13.5 Å². The average Bonchev–Trinajstić information content (AvgIpc) is 3.52. The lowest BCUT2D eigenvalue weighted by Crippen LogP contribution is -2.35. The van der Waals surface area contributed by atoms with Crippen LogP contribution < -0.4 is 5.32 Å². The monoisotopic (exact) mass is 424 g/mol. The number of oxazole rings is 1. The zero-order valence-electron chi connectivity index (χ0n) is 18.1. The Labute approximate surface area is 181 Å². The molecule has 3 atom stereocenters. The van der Waals surface area contributed by atoms with Gasteiger partial charge in [0.1, 0.15) is 11.6 Å². The second kappa shape index (κ2) is 8.51. The molecule has 0 bridgehead atoms. The molecule has 0 spiro atoms. The summed E-state index contributed by atoms with van der Waals surface area (Å²) in [4.78, 5) is 6.72. The molecule has 8 heteroatoms. The minimum atomic E-state index is -0.173. The Morgan fingerprint density at radius 1 is 1.19 bits per heavy atom. The minimum Gasteiger partial charge on any atom is -0.440 e. The molecular weight excluding hydrogens is 395 g/mol. The number of likely N-dealkylation sites (tertiary alicyclic amines) is 1. The predicted octanol–water partition coefficient (Wildman–Crippen LogP) is 3.28. The van der Waals surface area contributed by atoms with E-state index >= 15 is 0 Å². The molecule has 164 valence electrons. The average molecular weight is 425 g/mol. The van der Waals surface area contributed by atoms with Crippen molar-refractivity contribution < 1.29 is 8.81 Å². The van der Waals surface area contributed by atoms with Gasteiger partial charge in [0.15, 0.2) is 12.2 Å². The van der Waals surface area contributed by atoms with Gasteiger partial charge >= 0.3 is 0 Å². The smallest absolute Gasteiger partial charge is 0.201 e. The number of unbranched alkanes of at least 4 members (excludes halogenated alkanes) is 1. The highest BCUT2D eigenvalue weighted by atomic mass is 19.1. The maximum atomic E-state index is 13.4. The summed E-state index contributed by atoms with van der Waals surface area (Å²) >= 11 is 0. The van der Waals surface area contributed by atoms with Crippen LogP contribution in [0.25, 0.3) is 11.6 Å². The molecule has 2 aliphatic rings. The standard InChI is InChI=1S/C23H29FN6O/c1-15-22(31-14-26-15)23-28-27-19(29(23)2)5-3-4-12-30-13-17-10-11-25-20(17)21(30)16-6-8-18(24)9-7-16/h6-9,14,17,20-21,25H,3-5,10-13H2,1-2H3. The molecule has 0 amide bonds. The van der Waals surface area contributed by atoms with Gasteiger partial charge in [0.05, 0.1) is 11.7 Å². The Bertz CT molecular complexity index is 1030. The van der Waals surface area contributed by atoms with Gasteiger partial charge in [-0.2, -0.15) is 0 Å². The normalized spacial score (nSPS) is 23.5. The molecular formula is C23H29FN6O. The second-order valence-corrected chi connectivity index (χ2v) is 8.74. The van der Waals surface area contributed by atoms with Crippen LogP contribution in [-0.4, -0.2) is 50.3 Å². The van der Waals surface area contributed by atoms with Crippen LogP contribution in [0, 0.1) is 18.7 Å². The lowest BCUT2D eigenvalue weighted by atomic mass is 9.95. The molecule has 4 heterocycles. The fourth-order valence-electron chi connectivity index (χ4n) is 5.20. The van der Waals surface area contributed by atoms with E-state index in [1.54, 1.807) is 12.1 Å². The summed E-state index contributed by atoms with van der Waals surface area (Å²) in [5.41, 5.74) is 2.03. The number of aryl methyl sites for hydroxylation is 2. The number of nitrogens with zero attached hydrogens (tertiary/aromatic N) is 5. The third-order valence-electron chi connectivity index (χ3n) is 6.83. The van der Waals surface area contributed by atoms with Crippen LogP contribution in [0.2, 0.25) is 0 Å². The first-order valence-corrected chi connectivity index (χ1v) is 11.1. The van der Waals surface area contributed by atoms with Crippen molar-refractivity contribution in [1.29, 1.82) is 0 Å². The van der Waals surface area contributed by atoms with E-state index in [-0.39, 0.29) is 5.82 Å². The van der Waals surface area contributed by atoms with Gasteiger partial charge < -0.3 is 14.3 Å². The van der Waals surface area contributed by atoms with Gasteiger partial charge in [-0.15, -0.1) is 10.2 Å². The van der Waals surface area contributed by atoms with E-state index in [0.717, 1.165) is 56.2 Å². The first kappa shape index (κ1) is 20.3. The van der Waals surface area contributed by atoms with E-state index in [4.69, 9.17) is 4.42 Å². The van der Waals surface area contributed by atoms with Crippen molar-refractivity contribution >= 4 is 0 Å². The van der Waals surface area contributed by atoms with Gasteiger partial charge in [0.2, 0.25) is 5.82 Å². The van der Waals surface area contributed by atoms with Crippen LogP contribution in [0.1, 0.15) is 42.4 Å². The van der Waals surface area contributed by atoms with Crippen molar-refractivity contribution in [2.75, 3.05) is 19.6 Å². The number of hydrogen-bond acceptors (Lipinski definition) is 6. The number of nitrogens with one attached hydrogen (secondary N) is 1. The van der Waals surface area contributed by atoms with E-state index in [1.165, 1.54) is 18.4 Å². The zero-order chi connectivity index (χ0) is 21.4. The SMILES string of the molecule is Cc1ncoc1-c1nnc(CCCCN2CC3CCNC3C2c2ccc(F)cc2)n1C. The molecule has 7 nitrogen and oxygen atoms in total. The van der Waals surface area contributed by atoms with E-state index in [9.17, 15) is 4.39 Å². The van der Waals surface area contributed by atoms with Crippen LogP contribution in [0.3, 0.4) is 0 Å². The molecule has 0 aliphatic carbocycles. The van der Waals surface area contributed by atoms with Gasteiger partial charge in [-0.05, 0) is 62.9 Å². The first-order chi connectivity index (χ1) is 15.1. The van der Waals surface area contributed by atoms with Crippen molar-refractivity contribution in [3.63, 3.8) is 0 Å². The first-order valence-electron chi connectivity index (χ1n) is 11.1. The summed E-state index contributed by atoms with van der Waals surface area (Å²) < 4.78 is 20.9. The number of aromatic nitrogens is 4. The van der Waals surface area contributed by atoms with Crippen LogP contribution in [0.5, 0.6) is 0 Å². The molecule has 2 aromatic heterocycles. The lowest BCUT2D eigenvalue weighted by molar-refractivity contribution is 0.230. The van der Waals surface area contributed by atoms with Crippen molar-refractivity contribution in [3.8, 4) is 11.6 Å². The molecule has 2 aliphatic heterocycles. The highest BCUT2D eigenvalue weighted by Crippen LogP contribution is 2.39. The van der Waals surface area contributed by atoms with Crippen LogP contribution in [0.15, 0.2) is 35.1 Å². The number of hydrogen-bond donors (Lipinski definition) is 1. The third-order valence-corrected chi connectivity index (χ3v) is 6.83. The zero-order valence-corrected chi connectivity index (χ0v) is 18.1. The molecule has 31 heavy (non-hydrogen) atoms. The summed E-state index contributed by atoms with van der Waals surface area (Å²) in [6.45, 7) is 5.13. The fourth-order valence-corrected chi connectivity index (χ4v) is 5.20. The van der Waals surface area contributed by atoms with Gasteiger partial charge in [0.25, 0.3) is 0 Å². The highest BCUT2D eigenvalue weighted by Gasteiger charge is 2.44. The number of halogens is 1. The Kier molecular flexibility index (Phi) is 5.58. The van der Waals surface area contributed by atoms with Crippen LogP contribution in [0.4, 0.5) is 4.39 Å². The second-order valence-electron chi connectivity index (χ2n) is 8.74. The Hall–Kier alpha value is -2.58. The largest absolute Gasteiger partial charge is 0.440 e. The van der Waals surface area contributed by atoms with Gasteiger partial charge in [0, 0.05) is 26.1 Å². The topological polar surface area (TPSA) is 72.0 Å². The predicted molar refractivity (Wildman–Crippen MR) is 115 cm³/mol. The minimum absolute atomic E-state index is 0.173. The van der Waals surface area contributed by atoms with E-state index in [1.807, 2.05) is 30.7 Å². The number of benzene rings is 1. The van der Waals surface area contributed by atoms with Crippen molar-refractivity contribution in [2.45, 2.75) is 44.7 Å². The summed E-state index contributed by atoms with van der Waals surface area (Å²) in [6.07, 6.45) is 5.66. The van der Waals surface area contributed by atoms with Crippen molar-refractivity contribution in [1.82, 2.24) is 30.0 Å². The van der Waals surface area contributed by atoms with Crippen molar-refractivity contribution in [2.24, 2.45) is 13.0 Å². The summed E-state index contributed by atoms with van der Waals surface area (Å²) in [6, 6.07) is 7.85. The Morgan fingerprint density at radius 2 is 2.03 bits per heavy atom. The molecule has 5 rings (SSSR count). The molecule has 2 saturated heterocycles. The summed E-state index contributed by atoms with van der Waals surface area (Å²) in [5, 5.41) is 12.4. The van der Waals surface area contributed by atoms with E-state index in [2.05, 4.69) is 25.4 Å². The van der Waals surface area contributed by atoms with Gasteiger partial charge in [-0.3, -0.25) is 4.90 Å². The maximum Gasteiger partial charge on any atom is 0.201 e. The molecule has 2 fully saturated rings. The van der Waals surface area contributed by atoms with E-state index in [0.29, 0.717) is 23.8 Å². The molecule has 0 saturated carbocycles. The molecule has 3 aromatic rings. The summed E-state index contributed by atoms with van der Waals surface area (Å²) in [5.74, 6) is 2.87. The molecule has 3 unspecified atom stereocenters. The number of fused-ring (bicyclic) bond motifs is 1. The van der Waals surface area contributed by atoms with Gasteiger partial charge in [-0.1, -0.05) is 12.1 Å². The lowest BCUT2D eigenvalue weighted by Gasteiger charge is -2.28. The highest BCUT2D eigenvalue weighted by molar-refractivity contribution is 5.49.